The molecule has 0 bridgehead atoms. The summed E-state index contributed by atoms with van der Waals surface area (Å²) in [7, 11) is 0. The average Bonchev–Trinajstić information content (AvgIpc) is 3.42. The SMILES string of the molecule is Cc1ccc(-c2nc(Cl)c3nc(N4CCCC(CCC(N)=O)C4)n(C4CCCCO4)c3n2)o1. The van der Waals surface area contributed by atoms with Crippen molar-refractivity contribution in [2.24, 2.45) is 11.7 Å². The molecule has 2 aliphatic rings. The minimum Gasteiger partial charge on any atom is -0.458 e. The number of carbonyl (C=O) groups is 1. The van der Waals surface area contributed by atoms with Crippen molar-refractivity contribution in [3.63, 3.8) is 0 Å². The number of nitrogens with zero attached hydrogens (tertiary/aromatic N) is 5. The van der Waals surface area contributed by atoms with Crippen molar-refractivity contribution in [3.05, 3.63) is 23.0 Å². The molecule has 2 atom stereocenters. The number of halogens is 1. The number of aryl methyl sites for hydroxylation is 1. The van der Waals surface area contributed by atoms with Crippen LogP contribution in [0, 0.1) is 12.8 Å². The molecule has 3 aromatic heterocycles. The van der Waals surface area contributed by atoms with Crippen molar-refractivity contribution >= 4 is 34.6 Å². The number of primary amides is 1. The zero-order chi connectivity index (χ0) is 22.9. The summed E-state index contributed by atoms with van der Waals surface area (Å²) in [6.45, 7) is 4.26. The first-order chi connectivity index (χ1) is 16.0. The van der Waals surface area contributed by atoms with E-state index < -0.39 is 0 Å². The number of carbonyl (C=O) groups excluding carboxylic acids is 1. The molecule has 0 spiro atoms. The van der Waals surface area contributed by atoms with Crippen LogP contribution in [0.2, 0.25) is 5.15 Å². The standard InChI is InChI=1S/C23H29ClN6O3/c1-14-7-9-16(33-14)21-27-20(24)19-22(28-21)30(18-6-2-3-12-32-18)23(26-19)29-11-4-5-15(13-29)8-10-17(25)31/h7,9,15,18H,2-6,8,10-13H2,1H3,(H2,25,31). The summed E-state index contributed by atoms with van der Waals surface area (Å²) in [5.41, 5.74) is 6.60. The number of ether oxygens (including phenoxy) is 1. The number of rotatable bonds is 6. The third-order valence-electron chi connectivity index (χ3n) is 6.48. The first-order valence-corrected chi connectivity index (χ1v) is 12.0. The van der Waals surface area contributed by atoms with Crippen LogP contribution in [0.5, 0.6) is 0 Å². The van der Waals surface area contributed by atoms with Gasteiger partial charge in [-0.3, -0.25) is 9.36 Å². The van der Waals surface area contributed by atoms with Crippen LogP contribution in [0.25, 0.3) is 22.7 Å². The van der Waals surface area contributed by atoms with Crippen LogP contribution >= 0.6 is 11.6 Å². The number of piperidine rings is 1. The Morgan fingerprint density at radius 2 is 2.09 bits per heavy atom. The topological polar surface area (TPSA) is 112 Å². The molecule has 0 aliphatic carbocycles. The second kappa shape index (κ2) is 9.30. The van der Waals surface area contributed by atoms with Gasteiger partial charge in [0.2, 0.25) is 11.9 Å². The Morgan fingerprint density at radius 1 is 1.21 bits per heavy atom. The minimum atomic E-state index is -0.252. The van der Waals surface area contributed by atoms with Crippen LogP contribution in [0.1, 0.15) is 56.9 Å². The predicted octanol–water partition coefficient (Wildman–Crippen LogP) is 4.23. The number of aromatic nitrogens is 4. The smallest absolute Gasteiger partial charge is 0.217 e. The quantitative estimate of drug-likeness (QED) is 0.534. The monoisotopic (exact) mass is 472 g/mol. The molecule has 176 valence electrons. The predicted molar refractivity (Wildman–Crippen MR) is 125 cm³/mol. The van der Waals surface area contributed by atoms with E-state index in [0.29, 0.717) is 46.8 Å². The van der Waals surface area contributed by atoms with E-state index in [2.05, 4.69) is 14.5 Å². The van der Waals surface area contributed by atoms with Gasteiger partial charge in [0.25, 0.3) is 0 Å². The molecule has 5 rings (SSSR count). The molecule has 1 amide bonds. The van der Waals surface area contributed by atoms with Crippen molar-refractivity contribution in [1.29, 1.82) is 0 Å². The Hall–Kier alpha value is -2.65. The van der Waals surface area contributed by atoms with Gasteiger partial charge in [-0.25, -0.2) is 15.0 Å². The van der Waals surface area contributed by atoms with Crippen LogP contribution in [-0.2, 0) is 9.53 Å². The van der Waals surface area contributed by atoms with Crippen LogP contribution in [0.4, 0.5) is 5.95 Å². The molecule has 0 radical (unpaired) electrons. The Labute approximate surface area is 197 Å². The lowest BCUT2D eigenvalue weighted by Crippen LogP contribution is -2.38. The number of imidazole rings is 1. The van der Waals surface area contributed by atoms with Gasteiger partial charge in [0, 0.05) is 26.1 Å². The number of furan rings is 1. The minimum absolute atomic E-state index is 0.165. The first-order valence-electron chi connectivity index (χ1n) is 11.7. The second-order valence-corrected chi connectivity index (χ2v) is 9.34. The van der Waals surface area contributed by atoms with Gasteiger partial charge in [-0.15, -0.1) is 0 Å². The lowest BCUT2D eigenvalue weighted by atomic mass is 9.93. The summed E-state index contributed by atoms with van der Waals surface area (Å²) < 4.78 is 14.0. The van der Waals surface area contributed by atoms with Gasteiger partial charge in [0.15, 0.2) is 22.4 Å². The number of nitrogens with two attached hydrogens (primary N) is 1. The highest BCUT2D eigenvalue weighted by Gasteiger charge is 2.30. The number of anilines is 1. The molecule has 0 saturated carbocycles. The summed E-state index contributed by atoms with van der Waals surface area (Å²) in [6, 6.07) is 3.73. The van der Waals surface area contributed by atoms with Crippen molar-refractivity contribution in [2.75, 3.05) is 24.6 Å². The van der Waals surface area contributed by atoms with E-state index in [1.54, 1.807) is 0 Å². The molecule has 3 aromatic rings. The largest absolute Gasteiger partial charge is 0.458 e. The van der Waals surface area contributed by atoms with Crippen LogP contribution in [0.3, 0.4) is 0 Å². The van der Waals surface area contributed by atoms with Crippen molar-refractivity contribution in [1.82, 2.24) is 19.5 Å². The zero-order valence-corrected chi connectivity index (χ0v) is 19.6. The fourth-order valence-electron chi connectivity index (χ4n) is 4.84. The van der Waals surface area contributed by atoms with Crippen molar-refractivity contribution in [2.45, 2.75) is 58.1 Å². The highest BCUT2D eigenvalue weighted by Crippen LogP contribution is 2.36. The van der Waals surface area contributed by atoms with Gasteiger partial charge >= 0.3 is 0 Å². The Balaban J connectivity index is 1.57. The molecule has 2 saturated heterocycles. The maximum absolute atomic E-state index is 11.3. The summed E-state index contributed by atoms with van der Waals surface area (Å²) >= 11 is 6.62. The average molecular weight is 473 g/mol. The van der Waals surface area contributed by atoms with Gasteiger partial charge in [0.05, 0.1) is 0 Å². The van der Waals surface area contributed by atoms with E-state index in [0.717, 1.165) is 63.3 Å². The molecule has 33 heavy (non-hydrogen) atoms. The van der Waals surface area contributed by atoms with Crippen molar-refractivity contribution in [3.8, 4) is 11.6 Å². The fourth-order valence-corrected chi connectivity index (χ4v) is 5.05. The Morgan fingerprint density at radius 3 is 2.82 bits per heavy atom. The van der Waals surface area contributed by atoms with E-state index in [1.807, 2.05) is 19.1 Å². The molecule has 2 fully saturated rings. The number of fused-ring (bicyclic) bond motifs is 1. The maximum Gasteiger partial charge on any atom is 0.217 e. The third-order valence-corrected chi connectivity index (χ3v) is 6.75. The van der Waals surface area contributed by atoms with Crippen LogP contribution < -0.4 is 10.6 Å². The molecule has 10 heteroatoms. The summed E-state index contributed by atoms with van der Waals surface area (Å²) in [5, 5.41) is 0.294. The molecule has 0 aromatic carbocycles. The lowest BCUT2D eigenvalue weighted by Gasteiger charge is -2.35. The highest BCUT2D eigenvalue weighted by molar-refractivity contribution is 6.33. The first kappa shape index (κ1) is 22.2. The van der Waals surface area contributed by atoms with E-state index in [9.17, 15) is 4.79 Å². The van der Waals surface area contributed by atoms with E-state index in [4.69, 9.17) is 36.5 Å². The fraction of sp³-hybridized carbons (Fsp3) is 0.565. The zero-order valence-electron chi connectivity index (χ0n) is 18.8. The molecule has 5 heterocycles. The van der Waals surface area contributed by atoms with E-state index in [-0.39, 0.29) is 12.1 Å². The molecule has 2 aliphatic heterocycles. The Kier molecular flexibility index (Phi) is 6.25. The third kappa shape index (κ3) is 4.56. The van der Waals surface area contributed by atoms with Gasteiger partial charge in [0.1, 0.15) is 17.5 Å². The molecule has 9 nitrogen and oxygen atoms in total. The van der Waals surface area contributed by atoms with Crippen LogP contribution in [0.15, 0.2) is 16.5 Å². The van der Waals surface area contributed by atoms with Crippen molar-refractivity contribution < 1.29 is 13.9 Å². The van der Waals surface area contributed by atoms with Gasteiger partial charge in [-0.2, -0.15) is 0 Å². The van der Waals surface area contributed by atoms with Gasteiger partial charge in [-0.05, 0) is 63.5 Å². The maximum atomic E-state index is 11.3. The normalized spacial score (nSPS) is 21.6. The van der Waals surface area contributed by atoms with Gasteiger partial charge < -0.3 is 19.8 Å². The molecular weight excluding hydrogens is 444 g/mol. The summed E-state index contributed by atoms with van der Waals surface area (Å²) in [6.07, 6.45) is 6.13. The van der Waals surface area contributed by atoms with E-state index >= 15 is 0 Å². The molecule has 2 unspecified atom stereocenters. The number of hydrogen-bond acceptors (Lipinski definition) is 7. The summed E-state index contributed by atoms with van der Waals surface area (Å²) in [5.74, 6) is 2.71. The van der Waals surface area contributed by atoms with Gasteiger partial charge in [-0.1, -0.05) is 11.6 Å². The number of amides is 1. The lowest BCUT2D eigenvalue weighted by molar-refractivity contribution is -0.118. The van der Waals surface area contributed by atoms with Crippen LogP contribution in [-0.4, -0.2) is 45.1 Å². The molecule has 2 N–H and O–H groups in total. The highest BCUT2D eigenvalue weighted by atomic mass is 35.5. The number of hydrogen-bond donors (Lipinski definition) is 1. The molecular formula is C23H29ClN6O3. The second-order valence-electron chi connectivity index (χ2n) is 8.98. The Bertz CT molecular complexity index is 1150. The van der Waals surface area contributed by atoms with E-state index in [1.165, 1.54) is 0 Å². The summed E-state index contributed by atoms with van der Waals surface area (Å²) in [4.78, 5) is 27.8.